The Labute approximate surface area is 244 Å². The van der Waals surface area contributed by atoms with Crippen LogP contribution in [0.4, 0.5) is 4.79 Å². The van der Waals surface area contributed by atoms with Gasteiger partial charge < -0.3 is 9.80 Å². The maximum Gasteiger partial charge on any atom is 0.321 e. The van der Waals surface area contributed by atoms with Gasteiger partial charge in [0.25, 0.3) is 0 Å². The van der Waals surface area contributed by atoms with E-state index >= 15 is 0 Å². The first-order valence-corrected chi connectivity index (χ1v) is 15.3. The van der Waals surface area contributed by atoms with Crippen molar-refractivity contribution in [2.24, 2.45) is 11.8 Å². The molecular formula is C33H45N3O3S. The lowest BCUT2D eigenvalue weighted by atomic mass is 9.77. The molecule has 216 valence electrons. The van der Waals surface area contributed by atoms with Gasteiger partial charge in [0, 0.05) is 24.4 Å². The van der Waals surface area contributed by atoms with E-state index in [-0.39, 0.29) is 41.8 Å². The third-order valence-electron chi connectivity index (χ3n) is 8.76. The van der Waals surface area contributed by atoms with Crippen molar-refractivity contribution in [3.8, 4) is 0 Å². The third-order valence-corrected chi connectivity index (χ3v) is 9.62. The summed E-state index contributed by atoms with van der Waals surface area (Å²) in [6.45, 7) is 9.77. The molecule has 0 unspecified atom stereocenters. The molecule has 1 saturated heterocycles. The fraction of sp³-hybridized carbons (Fsp3) is 0.515. The van der Waals surface area contributed by atoms with Crippen molar-refractivity contribution in [3.05, 3.63) is 81.6 Å². The molecule has 2 aliphatic rings. The Morgan fingerprint density at radius 1 is 1.05 bits per heavy atom. The van der Waals surface area contributed by atoms with Crippen LogP contribution in [0.1, 0.15) is 69.7 Å². The maximum absolute atomic E-state index is 14.1. The maximum atomic E-state index is 14.1. The molecule has 5 atom stereocenters. The summed E-state index contributed by atoms with van der Waals surface area (Å²) in [4.78, 5) is 38.5. The second-order valence-electron chi connectivity index (χ2n) is 11.6. The SMILES string of the molecule is CON(C)C(=O)[C@H]1C[C@@H]2[C@H](C[C@@H](c3ccccc3)[C@H]1C)N(Cc1cccs1)C(=O)N2C/C=C(\C)CCC=C(C)C. The fourth-order valence-electron chi connectivity index (χ4n) is 6.37. The molecule has 40 heavy (non-hydrogen) atoms. The Morgan fingerprint density at radius 3 is 2.42 bits per heavy atom. The lowest BCUT2D eigenvalue weighted by Crippen LogP contribution is -2.42. The van der Waals surface area contributed by atoms with Crippen molar-refractivity contribution < 1.29 is 14.4 Å². The van der Waals surface area contributed by atoms with Crippen molar-refractivity contribution in [1.29, 1.82) is 0 Å². The highest BCUT2D eigenvalue weighted by atomic mass is 32.1. The lowest BCUT2D eigenvalue weighted by Gasteiger charge is -2.32. The number of benzene rings is 1. The molecule has 0 N–H and O–H groups in total. The molecule has 0 bridgehead atoms. The number of carbonyl (C=O) groups is 2. The predicted octanol–water partition coefficient (Wildman–Crippen LogP) is 7.27. The van der Waals surface area contributed by atoms with Gasteiger partial charge in [0.2, 0.25) is 5.91 Å². The highest BCUT2D eigenvalue weighted by Crippen LogP contribution is 2.46. The summed E-state index contributed by atoms with van der Waals surface area (Å²) in [6.07, 6.45) is 7.91. The van der Waals surface area contributed by atoms with Gasteiger partial charge >= 0.3 is 6.03 Å². The zero-order chi connectivity index (χ0) is 28.8. The molecule has 0 radical (unpaired) electrons. The minimum Gasteiger partial charge on any atom is -0.316 e. The minimum absolute atomic E-state index is 0.0193. The van der Waals surface area contributed by atoms with Crippen LogP contribution in [0, 0.1) is 11.8 Å². The van der Waals surface area contributed by atoms with Crippen LogP contribution < -0.4 is 0 Å². The molecule has 1 aliphatic carbocycles. The average molecular weight is 564 g/mol. The van der Waals surface area contributed by atoms with Crippen molar-refractivity contribution in [2.45, 2.75) is 77.9 Å². The molecule has 7 heteroatoms. The number of hydrogen-bond acceptors (Lipinski definition) is 4. The number of nitrogens with zero attached hydrogens (tertiary/aromatic N) is 3. The quantitative estimate of drug-likeness (QED) is 0.226. The molecule has 2 fully saturated rings. The van der Waals surface area contributed by atoms with E-state index in [2.05, 4.69) is 80.5 Å². The molecule has 1 aromatic carbocycles. The molecule has 1 aromatic heterocycles. The van der Waals surface area contributed by atoms with Crippen LogP contribution in [-0.2, 0) is 16.2 Å². The van der Waals surface area contributed by atoms with Crippen molar-refractivity contribution in [2.75, 3.05) is 20.7 Å². The summed E-state index contributed by atoms with van der Waals surface area (Å²) < 4.78 is 0. The Hall–Kier alpha value is -2.90. The topological polar surface area (TPSA) is 53.1 Å². The summed E-state index contributed by atoms with van der Waals surface area (Å²) in [7, 11) is 3.22. The lowest BCUT2D eigenvalue weighted by molar-refractivity contribution is -0.175. The van der Waals surface area contributed by atoms with Gasteiger partial charge in [-0.1, -0.05) is 66.6 Å². The van der Waals surface area contributed by atoms with E-state index in [1.54, 1.807) is 18.4 Å². The normalized spacial score (nSPS) is 25.0. The Kier molecular flexibility index (Phi) is 10.3. The first kappa shape index (κ1) is 30.1. The zero-order valence-corrected chi connectivity index (χ0v) is 25.7. The molecular weight excluding hydrogens is 518 g/mol. The number of thiophene rings is 1. The van der Waals surface area contributed by atoms with E-state index in [0.717, 1.165) is 19.3 Å². The number of hydrogen-bond donors (Lipinski definition) is 0. The average Bonchev–Trinajstić information content (AvgIpc) is 3.50. The van der Waals surface area contributed by atoms with Gasteiger partial charge in [-0.15, -0.1) is 11.3 Å². The first-order chi connectivity index (χ1) is 19.2. The second-order valence-corrected chi connectivity index (χ2v) is 12.7. The van der Waals surface area contributed by atoms with Crippen LogP contribution in [0.2, 0.25) is 0 Å². The van der Waals surface area contributed by atoms with Crippen LogP contribution in [0.25, 0.3) is 0 Å². The summed E-state index contributed by atoms with van der Waals surface area (Å²) in [5, 5.41) is 3.43. The van der Waals surface area contributed by atoms with Gasteiger partial charge in [0.05, 0.1) is 25.7 Å². The number of allylic oxidation sites excluding steroid dienone is 3. The standard InChI is InChI=1S/C33H45N3O3S/c1-23(2)12-10-13-24(3)17-18-35-30-21-29(32(37)34(5)39-6)25(4)28(26-14-8-7-9-15-26)20-31(30)36(33(35)38)22-27-16-11-19-40-27/h7-9,11-12,14-17,19,25,28-31H,10,13,18,20-22H2,1-6H3/b24-17+/t25-,28-,29+,30-,31+/m1/s1. The Balaban J connectivity index is 1.70. The van der Waals surface area contributed by atoms with Crippen LogP contribution in [0.15, 0.2) is 71.1 Å². The molecule has 1 saturated carbocycles. The smallest absolute Gasteiger partial charge is 0.316 e. The van der Waals surface area contributed by atoms with Crippen LogP contribution >= 0.6 is 11.3 Å². The van der Waals surface area contributed by atoms with Gasteiger partial charge in [0.15, 0.2) is 0 Å². The van der Waals surface area contributed by atoms with Crippen molar-refractivity contribution in [3.63, 3.8) is 0 Å². The molecule has 2 aromatic rings. The van der Waals surface area contributed by atoms with E-state index in [1.165, 1.54) is 33.8 Å². The second kappa shape index (κ2) is 13.6. The van der Waals surface area contributed by atoms with E-state index in [1.807, 2.05) is 17.0 Å². The summed E-state index contributed by atoms with van der Waals surface area (Å²) in [5.41, 5.74) is 3.84. The summed E-state index contributed by atoms with van der Waals surface area (Å²) in [6, 6.07) is 14.7. The number of rotatable bonds is 10. The Bertz CT molecular complexity index is 1190. The molecule has 2 heterocycles. The summed E-state index contributed by atoms with van der Waals surface area (Å²) >= 11 is 1.69. The number of carbonyl (C=O) groups excluding carboxylic acids is 2. The van der Waals surface area contributed by atoms with E-state index in [4.69, 9.17) is 4.84 Å². The molecule has 3 amide bonds. The fourth-order valence-corrected chi connectivity index (χ4v) is 7.07. The number of fused-ring (bicyclic) bond motifs is 1. The van der Waals surface area contributed by atoms with E-state index < -0.39 is 0 Å². The van der Waals surface area contributed by atoms with Gasteiger partial charge in [-0.05, 0) is 75.3 Å². The molecule has 0 spiro atoms. The van der Waals surface area contributed by atoms with Crippen molar-refractivity contribution in [1.82, 2.24) is 14.9 Å². The number of amides is 3. The zero-order valence-electron chi connectivity index (χ0n) is 24.9. The number of hydroxylamine groups is 2. The highest BCUT2D eigenvalue weighted by Gasteiger charge is 2.52. The number of urea groups is 1. The van der Waals surface area contributed by atoms with Gasteiger partial charge in [0.1, 0.15) is 0 Å². The monoisotopic (exact) mass is 563 g/mol. The molecule has 6 nitrogen and oxygen atoms in total. The van der Waals surface area contributed by atoms with Crippen molar-refractivity contribution >= 4 is 23.3 Å². The van der Waals surface area contributed by atoms with Gasteiger partial charge in [-0.25, -0.2) is 9.86 Å². The predicted molar refractivity (Wildman–Crippen MR) is 163 cm³/mol. The largest absolute Gasteiger partial charge is 0.321 e. The van der Waals surface area contributed by atoms with E-state index in [0.29, 0.717) is 19.5 Å². The molecule has 4 rings (SSSR count). The minimum atomic E-state index is -0.259. The third kappa shape index (κ3) is 6.87. The molecule has 1 aliphatic heterocycles. The van der Waals surface area contributed by atoms with Gasteiger partial charge in [-0.3, -0.25) is 9.63 Å². The first-order valence-electron chi connectivity index (χ1n) is 14.5. The van der Waals surface area contributed by atoms with Crippen LogP contribution in [0.3, 0.4) is 0 Å². The highest BCUT2D eigenvalue weighted by molar-refractivity contribution is 7.09. The van der Waals surface area contributed by atoms with Crippen LogP contribution in [0.5, 0.6) is 0 Å². The Morgan fingerprint density at radius 2 is 1.77 bits per heavy atom. The van der Waals surface area contributed by atoms with Crippen LogP contribution in [-0.4, -0.2) is 59.6 Å². The van der Waals surface area contributed by atoms with E-state index in [9.17, 15) is 9.59 Å². The van der Waals surface area contributed by atoms with Gasteiger partial charge in [-0.2, -0.15) is 0 Å². The summed E-state index contributed by atoms with van der Waals surface area (Å²) in [5.74, 6) is -0.0330.